The molecule has 2 aromatic rings. The number of aromatic nitrogens is 1. The summed E-state index contributed by atoms with van der Waals surface area (Å²) in [5.41, 5.74) is 1.61. The van der Waals surface area contributed by atoms with Gasteiger partial charge in [0.25, 0.3) is 11.7 Å². The first-order chi connectivity index (χ1) is 29.7. The van der Waals surface area contributed by atoms with E-state index in [2.05, 4.69) is 27.1 Å². The number of rotatable bonds is 29. The average Bonchev–Trinajstić information content (AvgIpc) is 3.58. The number of hydrogen-bond donors (Lipinski definition) is 2. The fourth-order valence-corrected chi connectivity index (χ4v) is 6.61. The number of nitrogens with two attached hydrogens (primary N) is 1. The molecular formula is C42H59F3N7O9+. The van der Waals surface area contributed by atoms with Crippen LogP contribution in [-0.2, 0) is 44.1 Å². The van der Waals surface area contributed by atoms with Crippen LogP contribution in [-0.4, -0.2) is 151 Å². The van der Waals surface area contributed by atoms with Crippen LogP contribution in [0.3, 0.4) is 0 Å². The number of nitrogens with zero attached hydrogens (tertiary/aromatic N) is 5. The number of carbonyl (C=O) groups excluding carboxylic acids is 1. The van der Waals surface area contributed by atoms with Gasteiger partial charge in [0.2, 0.25) is 5.70 Å². The van der Waals surface area contributed by atoms with Gasteiger partial charge in [-0.3, -0.25) is 14.7 Å². The highest BCUT2D eigenvalue weighted by Crippen LogP contribution is 2.37. The Balaban J connectivity index is 0.932. The van der Waals surface area contributed by atoms with E-state index in [-0.39, 0.29) is 21.9 Å². The quantitative estimate of drug-likeness (QED) is 0.0654. The van der Waals surface area contributed by atoms with Crippen LogP contribution in [0, 0.1) is 5.92 Å². The Labute approximate surface area is 355 Å². The zero-order valence-corrected chi connectivity index (χ0v) is 34.8. The second kappa shape index (κ2) is 25.8. The molecule has 0 spiro atoms. The summed E-state index contributed by atoms with van der Waals surface area (Å²) in [6, 6.07) is 8.21. The van der Waals surface area contributed by atoms with Gasteiger partial charge < -0.3 is 43.2 Å². The van der Waals surface area contributed by atoms with Crippen molar-refractivity contribution in [3.8, 4) is 0 Å². The van der Waals surface area contributed by atoms with Gasteiger partial charge in [-0.25, -0.2) is 4.98 Å². The number of nitrogens with one attached hydrogen (secondary N) is 1. The minimum absolute atomic E-state index is 0.0791. The van der Waals surface area contributed by atoms with Gasteiger partial charge in [-0.2, -0.15) is 24.0 Å². The molecule has 3 N–H and O–H groups in total. The van der Waals surface area contributed by atoms with E-state index in [9.17, 15) is 18.0 Å². The van der Waals surface area contributed by atoms with Crippen LogP contribution in [0.25, 0.3) is 0 Å². The fraction of sp³-hybridized carbons (Fsp3) is 0.571. The third-order valence-electron chi connectivity index (χ3n) is 9.68. The van der Waals surface area contributed by atoms with E-state index in [0.717, 1.165) is 68.7 Å². The van der Waals surface area contributed by atoms with E-state index in [1.165, 1.54) is 0 Å². The van der Waals surface area contributed by atoms with Gasteiger partial charge in [-0.15, -0.1) is 4.59 Å². The molecule has 4 heterocycles. The fourth-order valence-electron chi connectivity index (χ4n) is 6.61. The Morgan fingerprint density at radius 2 is 1.38 bits per heavy atom. The number of likely N-dealkylation sites (tertiary alicyclic amines) is 1. The topological polar surface area (TPSA) is 170 Å². The number of amides is 1. The Bertz CT molecular complexity index is 1760. The molecule has 61 heavy (non-hydrogen) atoms. The van der Waals surface area contributed by atoms with Gasteiger partial charge in [-0.05, 0) is 55.7 Å². The molecule has 1 fully saturated rings. The van der Waals surface area contributed by atoms with Crippen molar-refractivity contribution in [1.82, 2.24) is 9.88 Å². The van der Waals surface area contributed by atoms with Crippen molar-refractivity contribution in [2.24, 2.45) is 21.7 Å². The maximum absolute atomic E-state index is 13.1. The first-order valence-corrected chi connectivity index (χ1v) is 20.7. The Morgan fingerprint density at radius 3 is 1.93 bits per heavy atom. The number of allylic oxidation sites excluding steroid dienone is 1. The number of aliphatic imine (C=N–C) groups is 2. The first-order valence-electron chi connectivity index (χ1n) is 20.7. The van der Waals surface area contributed by atoms with Crippen molar-refractivity contribution in [2.45, 2.75) is 32.4 Å². The van der Waals surface area contributed by atoms with Gasteiger partial charge in [-0.1, -0.05) is 6.92 Å². The molecule has 19 heteroatoms. The molecule has 0 saturated carbocycles. The van der Waals surface area contributed by atoms with Crippen molar-refractivity contribution in [3.05, 3.63) is 83.1 Å². The number of hydrogen-bond acceptors (Lipinski definition) is 14. The van der Waals surface area contributed by atoms with E-state index >= 15 is 0 Å². The lowest BCUT2D eigenvalue weighted by molar-refractivity contribution is -0.750. The Kier molecular flexibility index (Phi) is 20.3. The van der Waals surface area contributed by atoms with Gasteiger partial charge in [0, 0.05) is 37.4 Å². The zero-order chi connectivity index (χ0) is 43.2. The van der Waals surface area contributed by atoms with E-state index in [0.29, 0.717) is 111 Å². The van der Waals surface area contributed by atoms with E-state index in [4.69, 9.17) is 48.7 Å². The van der Waals surface area contributed by atoms with Crippen LogP contribution in [0.4, 0.5) is 19.0 Å². The van der Waals surface area contributed by atoms with E-state index in [1.807, 2.05) is 0 Å². The number of fused-ring (bicyclic) bond motifs is 1. The van der Waals surface area contributed by atoms with E-state index < -0.39 is 17.6 Å². The number of pyridine rings is 1. The summed E-state index contributed by atoms with van der Waals surface area (Å²) in [5.74, 6) is 6.79. The summed E-state index contributed by atoms with van der Waals surface area (Å²) in [6.07, 6.45) is 4.43. The predicted molar refractivity (Wildman–Crippen MR) is 220 cm³/mol. The molecule has 0 radical (unpaired) electrons. The van der Waals surface area contributed by atoms with Crippen molar-refractivity contribution >= 4 is 23.8 Å². The summed E-state index contributed by atoms with van der Waals surface area (Å²) < 4.78 is 83.7. The number of halogens is 3. The smallest absolute Gasteiger partial charge is 0.379 e. The zero-order valence-electron chi connectivity index (χ0n) is 34.8. The van der Waals surface area contributed by atoms with Crippen LogP contribution in [0.15, 0.2) is 76.4 Å². The molecular weight excluding hydrogens is 803 g/mol. The highest BCUT2D eigenvalue weighted by molar-refractivity contribution is 6.05. The number of benzene rings is 1. The van der Waals surface area contributed by atoms with Crippen molar-refractivity contribution in [3.63, 3.8) is 0 Å². The summed E-state index contributed by atoms with van der Waals surface area (Å²) in [6.45, 7) is 11.9. The molecule has 0 aliphatic carbocycles. The van der Waals surface area contributed by atoms with Crippen molar-refractivity contribution in [2.75, 3.05) is 124 Å². The second-order valence-electron chi connectivity index (χ2n) is 14.3. The SMILES string of the molecule is CCCOCCOCCOCCOCCOCCOCCOCCOCN1CCCC(C2=C3C=NC=C[N+]3(N)C(c3ccc(C(=O)Nc4cc(C(F)(F)F)ccn4)cc3)=N2)C1. The number of amidine groups is 1. The molecule has 3 aliphatic rings. The molecule has 1 amide bonds. The third-order valence-corrected chi connectivity index (χ3v) is 9.68. The maximum atomic E-state index is 13.1. The molecule has 5 rings (SSSR count). The van der Waals surface area contributed by atoms with Gasteiger partial charge >= 0.3 is 6.18 Å². The normalized spacial score (nSPS) is 19.1. The number of anilines is 1. The molecule has 336 valence electrons. The van der Waals surface area contributed by atoms with Gasteiger partial charge in [0.05, 0.1) is 123 Å². The van der Waals surface area contributed by atoms with Crippen LogP contribution in [0.1, 0.15) is 47.7 Å². The molecule has 2 unspecified atom stereocenters. The average molecular weight is 863 g/mol. The number of alkyl halides is 3. The Morgan fingerprint density at radius 1 is 0.820 bits per heavy atom. The maximum Gasteiger partial charge on any atom is 0.416 e. The highest BCUT2D eigenvalue weighted by Gasteiger charge is 2.46. The molecule has 0 bridgehead atoms. The second-order valence-corrected chi connectivity index (χ2v) is 14.3. The molecule has 3 aliphatic heterocycles. The first kappa shape index (κ1) is 48.0. The largest absolute Gasteiger partial charge is 0.416 e. The van der Waals surface area contributed by atoms with Crippen LogP contribution in [0.2, 0.25) is 0 Å². The lowest BCUT2D eigenvalue weighted by Crippen LogP contribution is -2.53. The standard InChI is InChI=1S/C42H58F3N7O9/c1-2-14-54-15-16-55-17-18-56-19-20-57-21-22-58-23-24-59-25-26-60-27-28-61-32-51-12-3-4-35(31-51)39-37-30-47-11-13-52(37,46)40(50-39)33-5-7-34(8-6-33)41(53)49-38-29-36(9-10-48-38)42(43,44)45/h5-11,13,29-30,35H,2-4,12,14-28,31-32,46H2,1H3/p+1. The summed E-state index contributed by atoms with van der Waals surface area (Å²) >= 11 is 0. The lowest BCUT2D eigenvalue weighted by atomic mass is 9.94. The van der Waals surface area contributed by atoms with E-state index in [1.54, 1.807) is 42.9 Å². The van der Waals surface area contributed by atoms with Crippen LogP contribution < -0.4 is 11.2 Å². The highest BCUT2D eigenvalue weighted by atomic mass is 19.4. The van der Waals surface area contributed by atoms with Gasteiger partial charge in [0.1, 0.15) is 17.7 Å². The Hall–Kier alpha value is -3.99. The molecule has 1 aromatic heterocycles. The van der Waals surface area contributed by atoms with Crippen molar-refractivity contribution in [1.29, 1.82) is 0 Å². The molecule has 1 saturated heterocycles. The number of quaternary nitrogens is 1. The third kappa shape index (κ3) is 15.7. The number of carbonyl (C=O) groups is 1. The number of ether oxygens (including phenoxy) is 8. The lowest BCUT2D eigenvalue weighted by Gasteiger charge is -2.32. The summed E-state index contributed by atoms with van der Waals surface area (Å²) in [4.78, 5) is 28.4. The number of piperidine rings is 1. The monoisotopic (exact) mass is 862 g/mol. The van der Waals surface area contributed by atoms with Crippen molar-refractivity contribution < 1.29 is 60.5 Å². The van der Waals surface area contributed by atoms with Crippen LogP contribution in [0.5, 0.6) is 0 Å². The molecule has 16 nitrogen and oxygen atoms in total. The minimum Gasteiger partial charge on any atom is -0.379 e. The summed E-state index contributed by atoms with van der Waals surface area (Å²) in [7, 11) is 0. The van der Waals surface area contributed by atoms with Crippen LogP contribution >= 0.6 is 0 Å². The minimum atomic E-state index is -4.56. The predicted octanol–water partition coefficient (Wildman–Crippen LogP) is 4.78. The molecule has 2 atom stereocenters. The summed E-state index contributed by atoms with van der Waals surface area (Å²) in [5, 5.41) is 2.43. The van der Waals surface area contributed by atoms with Gasteiger partial charge in [0.15, 0.2) is 0 Å². The molecule has 1 aromatic carbocycles.